The van der Waals surface area contributed by atoms with Gasteiger partial charge in [-0.3, -0.25) is 14.4 Å². The summed E-state index contributed by atoms with van der Waals surface area (Å²) in [6.45, 7) is 14.5. The van der Waals surface area contributed by atoms with Crippen LogP contribution >= 0.6 is 0 Å². The lowest BCUT2D eigenvalue weighted by molar-refractivity contribution is -0.168. The van der Waals surface area contributed by atoms with Gasteiger partial charge in [0.25, 0.3) is 0 Å². The number of piperazine rings is 3. The Bertz CT molecular complexity index is 685. The highest BCUT2D eigenvalue weighted by Crippen LogP contribution is 2.26. The Balaban J connectivity index is 1.63. The van der Waals surface area contributed by atoms with Gasteiger partial charge in [0.15, 0.2) is 0 Å². The standard InChI is InChI=1S/C27H50N6O6/c1-5-27(15-37-24(34)18(2)21-12-28-6-9-31-21,16-38-25(35)19(3)22-13-29-7-10-32-22)17-39-26(36)20(4)23-14-30-8-11-33-23/h18-23,28-33H,5-17H2,1-4H3. The van der Waals surface area contributed by atoms with Crippen LogP contribution in [-0.4, -0.2) is 115 Å². The maximum absolute atomic E-state index is 13.0. The topological polar surface area (TPSA) is 151 Å². The van der Waals surface area contributed by atoms with Crippen LogP contribution in [0.1, 0.15) is 34.1 Å². The number of rotatable bonds is 13. The quantitative estimate of drug-likeness (QED) is 0.117. The smallest absolute Gasteiger partial charge is 0.310 e. The second kappa shape index (κ2) is 15.8. The van der Waals surface area contributed by atoms with E-state index in [1.807, 2.05) is 27.7 Å². The molecule has 0 aliphatic carbocycles. The van der Waals surface area contributed by atoms with Gasteiger partial charge in [-0.1, -0.05) is 27.7 Å². The summed E-state index contributed by atoms with van der Waals surface area (Å²) in [6.07, 6.45) is 0.494. The molecular formula is C27H50N6O6. The van der Waals surface area contributed by atoms with Crippen molar-refractivity contribution >= 4 is 17.9 Å². The van der Waals surface area contributed by atoms with Crippen molar-refractivity contribution in [3.63, 3.8) is 0 Å². The normalized spacial score (nSPS) is 27.8. The summed E-state index contributed by atoms with van der Waals surface area (Å²) in [5, 5.41) is 19.9. The number of esters is 3. The van der Waals surface area contributed by atoms with Crippen molar-refractivity contribution in [2.45, 2.75) is 52.2 Å². The molecule has 3 rings (SSSR count). The van der Waals surface area contributed by atoms with Crippen LogP contribution in [0.3, 0.4) is 0 Å². The van der Waals surface area contributed by atoms with E-state index in [9.17, 15) is 14.4 Å². The van der Waals surface area contributed by atoms with E-state index >= 15 is 0 Å². The van der Waals surface area contributed by atoms with E-state index in [1.165, 1.54) is 0 Å². The van der Waals surface area contributed by atoms with Crippen LogP contribution in [0.4, 0.5) is 0 Å². The predicted molar refractivity (Wildman–Crippen MR) is 147 cm³/mol. The van der Waals surface area contributed by atoms with Crippen molar-refractivity contribution in [2.24, 2.45) is 23.2 Å². The van der Waals surface area contributed by atoms with E-state index in [0.29, 0.717) is 26.1 Å². The van der Waals surface area contributed by atoms with Crippen molar-refractivity contribution in [3.05, 3.63) is 0 Å². The van der Waals surface area contributed by atoms with Crippen LogP contribution in [0.15, 0.2) is 0 Å². The first-order valence-electron chi connectivity index (χ1n) is 14.6. The van der Waals surface area contributed by atoms with Crippen LogP contribution in [0, 0.1) is 23.2 Å². The highest BCUT2D eigenvalue weighted by atomic mass is 16.6. The molecule has 12 heteroatoms. The summed E-state index contributed by atoms with van der Waals surface area (Å²) in [5.74, 6) is -2.05. The molecule has 12 nitrogen and oxygen atoms in total. The molecule has 0 aromatic rings. The highest BCUT2D eigenvalue weighted by molar-refractivity contribution is 5.74. The van der Waals surface area contributed by atoms with Crippen molar-refractivity contribution in [1.82, 2.24) is 31.9 Å². The molecule has 0 amide bonds. The fourth-order valence-corrected chi connectivity index (χ4v) is 5.08. The minimum Gasteiger partial charge on any atom is -0.465 e. The third kappa shape index (κ3) is 9.36. The number of hydrogen-bond donors (Lipinski definition) is 6. The molecule has 6 N–H and O–H groups in total. The van der Waals surface area contributed by atoms with Crippen LogP contribution in [0.5, 0.6) is 0 Å². The maximum atomic E-state index is 13.0. The molecule has 3 fully saturated rings. The Morgan fingerprint density at radius 2 is 0.923 bits per heavy atom. The molecule has 3 aliphatic heterocycles. The van der Waals surface area contributed by atoms with Gasteiger partial charge in [-0.2, -0.15) is 0 Å². The Kier molecular flexibility index (Phi) is 12.9. The van der Waals surface area contributed by atoms with Gasteiger partial charge in [0.1, 0.15) is 19.8 Å². The third-order valence-electron chi connectivity index (χ3n) is 8.46. The van der Waals surface area contributed by atoms with Gasteiger partial charge >= 0.3 is 17.9 Å². The summed E-state index contributed by atoms with van der Waals surface area (Å²) in [4.78, 5) is 38.9. The average Bonchev–Trinajstić information content (AvgIpc) is 3.00. The van der Waals surface area contributed by atoms with Crippen molar-refractivity contribution < 1.29 is 28.6 Å². The van der Waals surface area contributed by atoms with E-state index in [-0.39, 0.29) is 73.6 Å². The number of carbonyl (C=O) groups is 3. The molecule has 0 radical (unpaired) electrons. The molecule has 0 bridgehead atoms. The lowest BCUT2D eigenvalue weighted by atomic mass is 9.87. The van der Waals surface area contributed by atoms with Crippen LogP contribution in [0.2, 0.25) is 0 Å². The summed E-state index contributed by atoms with van der Waals surface area (Å²) >= 11 is 0. The zero-order chi connectivity index (χ0) is 28.3. The fraction of sp³-hybridized carbons (Fsp3) is 0.889. The molecule has 0 saturated carbocycles. The lowest BCUT2D eigenvalue weighted by Gasteiger charge is -2.35. The summed E-state index contributed by atoms with van der Waals surface area (Å²) in [7, 11) is 0. The molecule has 6 unspecified atom stereocenters. The monoisotopic (exact) mass is 554 g/mol. The van der Waals surface area contributed by atoms with Gasteiger partial charge in [-0.25, -0.2) is 0 Å². The van der Waals surface area contributed by atoms with Gasteiger partial charge in [0.05, 0.1) is 23.2 Å². The average molecular weight is 555 g/mol. The highest BCUT2D eigenvalue weighted by Gasteiger charge is 2.38. The van der Waals surface area contributed by atoms with Gasteiger partial charge in [-0.05, 0) is 6.42 Å². The maximum Gasteiger partial charge on any atom is 0.310 e. The molecular weight excluding hydrogens is 504 g/mol. The first kappa shape index (κ1) is 31.7. The van der Waals surface area contributed by atoms with Crippen LogP contribution in [-0.2, 0) is 28.6 Å². The van der Waals surface area contributed by atoms with Crippen molar-refractivity contribution in [3.8, 4) is 0 Å². The Morgan fingerprint density at radius 1 is 0.615 bits per heavy atom. The molecule has 0 aromatic carbocycles. The predicted octanol–water partition coefficient (Wildman–Crippen LogP) is -1.40. The van der Waals surface area contributed by atoms with E-state index in [1.54, 1.807) is 0 Å². The molecule has 3 saturated heterocycles. The van der Waals surface area contributed by atoms with Gasteiger partial charge in [0.2, 0.25) is 0 Å². The summed E-state index contributed by atoms with van der Waals surface area (Å²) in [5.41, 5.74) is -0.852. The molecule has 0 aromatic heterocycles. The van der Waals surface area contributed by atoms with Gasteiger partial charge < -0.3 is 46.1 Å². The SMILES string of the molecule is CCC(COC(=O)C(C)C1CNCCN1)(COC(=O)C(C)C1CNCCN1)COC(=O)C(C)C1CNCCN1. The molecule has 0 spiro atoms. The third-order valence-corrected chi connectivity index (χ3v) is 8.46. The zero-order valence-electron chi connectivity index (χ0n) is 24.1. The lowest BCUT2D eigenvalue weighted by Crippen LogP contribution is -2.54. The number of carbonyl (C=O) groups excluding carboxylic acids is 3. The first-order chi connectivity index (χ1) is 18.8. The fourth-order valence-electron chi connectivity index (χ4n) is 5.08. The summed E-state index contributed by atoms with van der Waals surface area (Å²) < 4.78 is 17.4. The van der Waals surface area contributed by atoms with Gasteiger partial charge in [-0.15, -0.1) is 0 Å². The van der Waals surface area contributed by atoms with E-state index in [0.717, 1.165) is 39.3 Å². The molecule has 3 aliphatic rings. The van der Waals surface area contributed by atoms with E-state index in [4.69, 9.17) is 14.2 Å². The minimum atomic E-state index is -0.852. The molecule has 39 heavy (non-hydrogen) atoms. The summed E-state index contributed by atoms with van der Waals surface area (Å²) in [6, 6.07) is -0.0616. The minimum absolute atomic E-state index is 0.0113. The van der Waals surface area contributed by atoms with Crippen molar-refractivity contribution in [2.75, 3.05) is 78.7 Å². The molecule has 224 valence electrons. The van der Waals surface area contributed by atoms with Crippen LogP contribution in [0.25, 0.3) is 0 Å². The number of hydrogen-bond acceptors (Lipinski definition) is 12. The number of ether oxygens (including phenoxy) is 3. The van der Waals surface area contributed by atoms with Crippen molar-refractivity contribution in [1.29, 1.82) is 0 Å². The molecule has 6 atom stereocenters. The van der Waals surface area contributed by atoms with Gasteiger partial charge in [0, 0.05) is 77.0 Å². The van der Waals surface area contributed by atoms with E-state index in [2.05, 4.69) is 31.9 Å². The second-order valence-corrected chi connectivity index (χ2v) is 11.3. The second-order valence-electron chi connectivity index (χ2n) is 11.3. The van der Waals surface area contributed by atoms with Crippen LogP contribution < -0.4 is 31.9 Å². The van der Waals surface area contributed by atoms with E-state index < -0.39 is 5.41 Å². The molecule has 3 heterocycles. The zero-order valence-corrected chi connectivity index (χ0v) is 24.1. The largest absolute Gasteiger partial charge is 0.465 e. The Labute approximate surface area is 232 Å². The first-order valence-corrected chi connectivity index (χ1v) is 14.6. The number of nitrogens with one attached hydrogen (secondary N) is 6. The Morgan fingerprint density at radius 3 is 1.15 bits per heavy atom. The Hall–Kier alpha value is -1.83.